The smallest absolute Gasteiger partial charge is 0.137 e. The predicted octanol–water partition coefficient (Wildman–Crippen LogP) is 3.49. The van der Waals surface area contributed by atoms with Crippen molar-refractivity contribution >= 4 is 15.9 Å². The van der Waals surface area contributed by atoms with Gasteiger partial charge in [0.25, 0.3) is 0 Å². The van der Waals surface area contributed by atoms with E-state index in [4.69, 9.17) is 4.74 Å². The number of halogens is 2. The zero-order valence-electron chi connectivity index (χ0n) is 11.0. The van der Waals surface area contributed by atoms with Crippen LogP contribution in [-0.2, 0) is 11.3 Å². The van der Waals surface area contributed by atoms with Gasteiger partial charge in [0.15, 0.2) is 0 Å². The Morgan fingerprint density at radius 3 is 2.78 bits per heavy atom. The maximum atomic E-state index is 13.1. The van der Waals surface area contributed by atoms with E-state index in [1.165, 1.54) is 6.07 Å². The highest BCUT2D eigenvalue weighted by molar-refractivity contribution is 9.10. The Balaban J connectivity index is 1.91. The maximum absolute atomic E-state index is 13.1. The lowest BCUT2D eigenvalue weighted by Gasteiger charge is -2.51. The summed E-state index contributed by atoms with van der Waals surface area (Å²) in [4.78, 5) is 0. The van der Waals surface area contributed by atoms with Gasteiger partial charge in [-0.1, -0.05) is 19.9 Å². The quantitative estimate of drug-likeness (QED) is 0.918. The number of hydrogen-bond donors (Lipinski definition) is 1. The first-order chi connectivity index (χ1) is 8.45. The summed E-state index contributed by atoms with van der Waals surface area (Å²) < 4.78 is 19.1. The summed E-state index contributed by atoms with van der Waals surface area (Å²) in [5.74, 6) is -0.220. The summed E-state index contributed by atoms with van der Waals surface area (Å²) in [5, 5.41) is 3.51. The average molecular weight is 316 g/mol. The van der Waals surface area contributed by atoms with E-state index in [0.717, 1.165) is 18.5 Å². The van der Waals surface area contributed by atoms with Crippen LogP contribution in [0, 0.1) is 11.2 Å². The van der Waals surface area contributed by atoms with Gasteiger partial charge in [-0.25, -0.2) is 4.39 Å². The van der Waals surface area contributed by atoms with Gasteiger partial charge < -0.3 is 10.1 Å². The van der Waals surface area contributed by atoms with E-state index in [1.807, 2.05) is 12.1 Å². The third-order valence-corrected chi connectivity index (χ3v) is 4.61. The largest absolute Gasteiger partial charge is 0.381 e. The molecule has 1 aromatic carbocycles. The van der Waals surface area contributed by atoms with E-state index in [2.05, 4.69) is 35.1 Å². The summed E-state index contributed by atoms with van der Waals surface area (Å²) in [7, 11) is 1.76. The van der Waals surface area contributed by atoms with Crippen LogP contribution in [0.15, 0.2) is 22.7 Å². The third kappa shape index (κ3) is 2.60. The van der Waals surface area contributed by atoms with Crippen molar-refractivity contribution in [2.24, 2.45) is 5.41 Å². The standard InChI is InChI=1S/C14H19BrFNO/c1-14(2)12(7-13(14)18-3)17-8-9-4-5-11(16)10(15)6-9/h4-6,12-13,17H,7-8H2,1-3H3. The van der Waals surface area contributed by atoms with Gasteiger partial charge in [-0.15, -0.1) is 0 Å². The molecular weight excluding hydrogens is 297 g/mol. The van der Waals surface area contributed by atoms with Gasteiger partial charge in [0.2, 0.25) is 0 Å². The van der Waals surface area contributed by atoms with E-state index in [-0.39, 0.29) is 11.2 Å². The van der Waals surface area contributed by atoms with E-state index < -0.39 is 0 Å². The molecule has 2 atom stereocenters. The third-order valence-electron chi connectivity index (χ3n) is 4.00. The number of rotatable bonds is 4. The minimum absolute atomic E-state index is 0.159. The Morgan fingerprint density at radius 1 is 1.50 bits per heavy atom. The minimum atomic E-state index is -0.220. The van der Waals surface area contributed by atoms with E-state index in [0.29, 0.717) is 16.6 Å². The second kappa shape index (κ2) is 5.27. The van der Waals surface area contributed by atoms with Crippen molar-refractivity contribution in [1.82, 2.24) is 5.32 Å². The van der Waals surface area contributed by atoms with Crippen LogP contribution in [0.3, 0.4) is 0 Å². The lowest BCUT2D eigenvalue weighted by molar-refractivity contribution is -0.0979. The van der Waals surface area contributed by atoms with Crippen molar-refractivity contribution in [3.63, 3.8) is 0 Å². The molecule has 100 valence electrons. The van der Waals surface area contributed by atoms with Crippen LogP contribution in [0.2, 0.25) is 0 Å². The van der Waals surface area contributed by atoms with Crippen LogP contribution in [-0.4, -0.2) is 19.3 Å². The van der Waals surface area contributed by atoms with Crippen molar-refractivity contribution in [3.05, 3.63) is 34.1 Å². The summed E-state index contributed by atoms with van der Waals surface area (Å²) in [6.45, 7) is 5.18. The van der Waals surface area contributed by atoms with Crippen LogP contribution >= 0.6 is 15.9 Å². The fourth-order valence-corrected chi connectivity index (χ4v) is 2.95. The van der Waals surface area contributed by atoms with E-state index in [9.17, 15) is 4.39 Å². The molecule has 0 bridgehead atoms. The molecule has 0 radical (unpaired) electrons. The summed E-state index contributed by atoms with van der Waals surface area (Å²) >= 11 is 3.20. The van der Waals surface area contributed by atoms with Crippen LogP contribution in [0.1, 0.15) is 25.8 Å². The number of ether oxygens (including phenoxy) is 1. The molecule has 1 N–H and O–H groups in total. The second-order valence-electron chi connectivity index (χ2n) is 5.46. The molecule has 2 nitrogen and oxygen atoms in total. The van der Waals surface area contributed by atoms with Gasteiger partial charge in [0.05, 0.1) is 10.6 Å². The highest BCUT2D eigenvalue weighted by Gasteiger charge is 2.48. The summed E-state index contributed by atoms with van der Waals surface area (Å²) in [6, 6.07) is 5.57. The lowest BCUT2D eigenvalue weighted by Crippen LogP contribution is -2.60. The zero-order valence-corrected chi connectivity index (χ0v) is 12.6. The molecule has 1 aliphatic rings. The molecule has 0 amide bonds. The molecule has 2 unspecified atom stereocenters. The first-order valence-corrected chi connectivity index (χ1v) is 6.94. The van der Waals surface area contributed by atoms with Crippen LogP contribution in [0.4, 0.5) is 4.39 Å². The lowest BCUT2D eigenvalue weighted by atomic mass is 9.64. The molecule has 0 saturated heterocycles. The molecular formula is C14H19BrFNO. The number of hydrogen-bond acceptors (Lipinski definition) is 2. The van der Waals surface area contributed by atoms with Gasteiger partial charge >= 0.3 is 0 Å². The SMILES string of the molecule is COC1CC(NCc2ccc(F)c(Br)c2)C1(C)C. The van der Waals surface area contributed by atoms with Crippen molar-refractivity contribution in [2.75, 3.05) is 7.11 Å². The Kier molecular flexibility index (Phi) is 4.09. The van der Waals surface area contributed by atoms with E-state index >= 15 is 0 Å². The Bertz CT molecular complexity index is 436. The van der Waals surface area contributed by atoms with Crippen LogP contribution in [0.5, 0.6) is 0 Å². The van der Waals surface area contributed by atoms with Gasteiger partial charge in [0, 0.05) is 25.1 Å². The highest BCUT2D eigenvalue weighted by Crippen LogP contribution is 2.42. The maximum Gasteiger partial charge on any atom is 0.137 e. The molecule has 0 aromatic heterocycles. The van der Waals surface area contributed by atoms with Crippen LogP contribution < -0.4 is 5.32 Å². The fraction of sp³-hybridized carbons (Fsp3) is 0.571. The molecule has 18 heavy (non-hydrogen) atoms. The van der Waals surface area contributed by atoms with Gasteiger partial charge in [-0.2, -0.15) is 0 Å². The van der Waals surface area contributed by atoms with Crippen LogP contribution in [0.25, 0.3) is 0 Å². The van der Waals surface area contributed by atoms with Gasteiger partial charge in [0.1, 0.15) is 5.82 Å². The summed E-state index contributed by atoms with van der Waals surface area (Å²) in [5.41, 5.74) is 1.24. The monoisotopic (exact) mass is 315 g/mol. The number of benzene rings is 1. The molecule has 0 aliphatic heterocycles. The van der Waals surface area contributed by atoms with E-state index in [1.54, 1.807) is 7.11 Å². The average Bonchev–Trinajstić information content (AvgIpc) is 2.32. The Morgan fingerprint density at radius 2 is 2.22 bits per heavy atom. The van der Waals surface area contributed by atoms with Gasteiger partial charge in [-0.3, -0.25) is 0 Å². The number of nitrogens with one attached hydrogen (secondary N) is 1. The fourth-order valence-electron chi connectivity index (χ4n) is 2.52. The molecule has 1 aliphatic carbocycles. The molecule has 1 saturated carbocycles. The summed E-state index contributed by atoms with van der Waals surface area (Å²) in [6.07, 6.45) is 1.36. The highest BCUT2D eigenvalue weighted by atomic mass is 79.9. The normalized spacial score (nSPS) is 25.8. The molecule has 4 heteroatoms. The van der Waals surface area contributed by atoms with Crippen molar-refractivity contribution < 1.29 is 9.13 Å². The molecule has 2 rings (SSSR count). The van der Waals surface area contributed by atoms with Crippen molar-refractivity contribution in [3.8, 4) is 0 Å². The first kappa shape index (κ1) is 14.0. The minimum Gasteiger partial charge on any atom is -0.381 e. The Hall–Kier alpha value is -0.450. The van der Waals surface area contributed by atoms with Gasteiger partial charge in [-0.05, 0) is 40.0 Å². The number of methoxy groups -OCH3 is 1. The molecule has 0 spiro atoms. The predicted molar refractivity (Wildman–Crippen MR) is 73.9 cm³/mol. The molecule has 1 aromatic rings. The zero-order chi connectivity index (χ0) is 13.3. The molecule has 0 heterocycles. The van der Waals surface area contributed by atoms with Crippen molar-refractivity contribution in [2.45, 2.75) is 39.0 Å². The second-order valence-corrected chi connectivity index (χ2v) is 6.32. The van der Waals surface area contributed by atoms with Crippen molar-refractivity contribution in [1.29, 1.82) is 0 Å². The Labute approximate surface area is 116 Å². The topological polar surface area (TPSA) is 21.3 Å². The first-order valence-electron chi connectivity index (χ1n) is 6.15. The molecule has 1 fully saturated rings.